The van der Waals surface area contributed by atoms with Crippen molar-refractivity contribution in [1.82, 2.24) is 19.9 Å². The van der Waals surface area contributed by atoms with Crippen LogP contribution < -0.4 is 17.2 Å². The fourth-order valence-corrected chi connectivity index (χ4v) is 13.3. The Bertz CT molecular complexity index is 3150. The maximum Gasteiger partial charge on any atom is 0.358 e. The maximum atomic E-state index is 12.9. The Kier molecular flexibility index (Phi) is 18.4. The summed E-state index contributed by atoms with van der Waals surface area (Å²) in [6.07, 6.45) is 2.68. The Morgan fingerprint density at radius 1 is 0.594 bits per heavy atom. The molecular formula is C43H49N7O15P2S2. The summed E-state index contributed by atoms with van der Waals surface area (Å²) in [6, 6.07) is 21.1. The first-order chi connectivity index (χ1) is 32.3. The first-order valence-electron chi connectivity index (χ1n) is 19.7. The topological polar surface area (TPSA) is 364 Å². The van der Waals surface area contributed by atoms with Gasteiger partial charge in [0.05, 0.1) is 33.6 Å². The molecule has 0 aliphatic rings. The van der Waals surface area contributed by atoms with E-state index in [1.165, 1.54) is 73.1 Å². The number of rotatable bonds is 16. The molecule has 69 heavy (non-hydrogen) atoms. The lowest BCUT2D eigenvalue weighted by molar-refractivity contribution is 0.0691. The summed E-state index contributed by atoms with van der Waals surface area (Å²) in [7, 11) is -10.5. The van der Waals surface area contributed by atoms with Gasteiger partial charge in [-0.05, 0) is 79.1 Å². The first-order valence-corrected chi connectivity index (χ1v) is 26.5. The second-order valence-corrected chi connectivity index (χ2v) is 23.9. The van der Waals surface area contributed by atoms with Gasteiger partial charge in [-0.3, -0.25) is 13.9 Å². The maximum absolute atomic E-state index is 12.9. The second-order valence-electron chi connectivity index (χ2n) is 14.5. The van der Waals surface area contributed by atoms with Crippen molar-refractivity contribution in [3.05, 3.63) is 125 Å². The fourth-order valence-electron chi connectivity index (χ4n) is 5.66. The first kappa shape index (κ1) is 55.0. The number of Topliss-reactive ketones (excluding diaryl/α,β-unsaturated/α-hetero) is 1. The predicted octanol–water partition coefficient (Wildman–Crippen LogP) is 6.31. The molecule has 0 amide bonds. The highest BCUT2D eigenvalue weighted by atomic mass is 32.2. The molecule has 2 heterocycles. The number of aryl methyl sites for hydroxylation is 2. The standard InChI is InChI=1S/C22H24N3O7PS.C12H11N3O3.C9H14NO5PS/c1-14-4-7-16(11-19(14)26)18-12-24-22(23)21(25-18)20(27)10-15-5-8-17(9-6-15)34(29,30)13-33(28,31-2)32-3;1-6-2-3-7(4-9(6)16)8-5-14-11(13)10(15-8)12(17)18;1-14-16(11,15-2)7-17(12,13)9-5-3-8(10)4-6-9/h4-9,11-12,26H,10,13H2,1-3H3,(H2,23,24);2-5,16H,1H3,(H2,13,14)(H,17,18);3-6H,7,10H2,1-2H3. The third-order valence-corrected chi connectivity index (χ3v) is 19.2. The van der Waals surface area contributed by atoms with Crippen LogP contribution >= 0.6 is 15.2 Å². The number of carbonyl (C=O) groups excluding carboxylic acids is 1. The molecule has 0 radical (unpaired) electrons. The Morgan fingerprint density at radius 3 is 1.35 bits per heavy atom. The van der Waals surface area contributed by atoms with E-state index in [0.29, 0.717) is 39.3 Å². The van der Waals surface area contributed by atoms with Crippen LogP contribution in [0.15, 0.2) is 107 Å². The van der Waals surface area contributed by atoms with Gasteiger partial charge in [-0.1, -0.05) is 36.4 Å². The normalized spacial score (nSPS) is 11.7. The zero-order valence-electron chi connectivity index (χ0n) is 37.8. The minimum absolute atomic E-state index is 0.0287. The Balaban J connectivity index is 0.000000249. The molecule has 0 unspecified atom stereocenters. The average Bonchev–Trinajstić information content (AvgIpc) is 3.31. The van der Waals surface area contributed by atoms with E-state index in [4.69, 9.17) is 31.4 Å². The molecule has 0 fully saturated rings. The monoisotopic (exact) mass is 1030 g/mol. The number of phenolic OH excluding ortho intramolecular Hbond substituents is 2. The van der Waals surface area contributed by atoms with E-state index < -0.39 is 57.6 Å². The molecular weight excluding hydrogens is 981 g/mol. The van der Waals surface area contributed by atoms with Crippen LogP contribution in [0.3, 0.4) is 0 Å². The van der Waals surface area contributed by atoms with Crippen molar-refractivity contribution in [3.63, 3.8) is 0 Å². The molecule has 2 aromatic heterocycles. The van der Waals surface area contributed by atoms with Crippen LogP contribution in [0.4, 0.5) is 17.3 Å². The lowest BCUT2D eigenvalue weighted by atomic mass is 10.1. The molecule has 22 nitrogen and oxygen atoms in total. The lowest BCUT2D eigenvalue weighted by Crippen LogP contribution is -2.12. The molecule has 0 aliphatic heterocycles. The fraction of sp³-hybridized carbons (Fsp3) is 0.209. The SMILES string of the molecule is COP(=O)(CS(=O)(=O)c1ccc(CC(=O)c2nc(-c3ccc(C)c(O)c3)cnc2N)cc1)OC.COP(=O)(CS(=O)(=O)c1ccc(N)cc1)OC.Cc1ccc(-c2cnc(N)c(C(=O)O)n2)cc1O. The van der Waals surface area contributed by atoms with Crippen LogP contribution in [-0.2, 0) is 53.3 Å². The van der Waals surface area contributed by atoms with Gasteiger partial charge in [-0.15, -0.1) is 0 Å². The van der Waals surface area contributed by atoms with Crippen molar-refractivity contribution in [1.29, 1.82) is 0 Å². The van der Waals surface area contributed by atoms with Crippen molar-refractivity contribution in [2.45, 2.75) is 30.1 Å². The number of aromatic hydroxyl groups is 2. The van der Waals surface area contributed by atoms with Crippen molar-refractivity contribution in [2.75, 3.05) is 56.6 Å². The lowest BCUT2D eigenvalue weighted by Gasteiger charge is -2.14. The summed E-state index contributed by atoms with van der Waals surface area (Å²) in [4.78, 5) is 39.8. The number of benzene rings is 4. The number of carboxylic acids is 1. The van der Waals surface area contributed by atoms with Gasteiger partial charge >= 0.3 is 21.2 Å². The van der Waals surface area contributed by atoms with Crippen LogP contribution in [0.1, 0.15) is 37.7 Å². The van der Waals surface area contributed by atoms with Crippen LogP contribution in [0.25, 0.3) is 22.5 Å². The van der Waals surface area contributed by atoms with E-state index in [-0.39, 0.29) is 50.7 Å². The smallest absolute Gasteiger partial charge is 0.358 e. The number of aromatic carboxylic acids is 1. The number of anilines is 3. The molecule has 0 atom stereocenters. The molecule has 0 saturated heterocycles. The van der Waals surface area contributed by atoms with Gasteiger partial charge in [-0.2, -0.15) is 0 Å². The van der Waals surface area contributed by atoms with Crippen molar-refractivity contribution < 1.29 is 69.0 Å². The zero-order chi connectivity index (χ0) is 51.5. The highest BCUT2D eigenvalue weighted by molar-refractivity contribution is 7.98. The number of hydrogen-bond donors (Lipinski definition) is 6. The van der Waals surface area contributed by atoms with Crippen LogP contribution in [-0.4, -0.2) is 103 Å². The number of nitrogens with zero attached hydrogens (tertiary/aromatic N) is 4. The van der Waals surface area contributed by atoms with Gasteiger partial charge in [-0.25, -0.2) is 41.6 Å². The number of carboxylic acid groups (broad SMARTS) is 1. The van der Waals surface area contributed by atoms with Crippen LogP contribution in [0, 0.1) is 13.8 Å². The molecule has 26 heteroatoms. The van der Waals surface area contributed by atoms with Gasteiger partial charge in [0.25, 0.3) is 0 Å². The highest BCUT2D eigenvalue weighted by Crippen LogP contribution is 2.49. The van der Waals surface area contributed by atoms with E-state index in [1.807, 2.05) is 0 Å². The Labute approximate surface area is 397 Å². The molecule has 9 N–H and O–H groups in total. The molecule has 6 rings (SSSR count). The molecule has 0 spiro atoms. The van der Waals surface area contributed by atoms with Crippen LogP contribution in [0.2, 0.25) is 0 Å². The largest absolute Gasteiger partial charge is 0.508 e. The predicted molar refractivity (Wildman–Crippen MR) is 256 cm³/mol. The summed E-state index contributed by atoms with van der Waals surface area (Å²) >= 11 is 0. The Hall–Kier alpha value is -6.62. The summed E-state index contributed by atoms with van der Waals surface area (Å²) < 4.78 is 91.4. The number of nitrogen functional groups attached to an aromatic ring is 3. The summed E-state index contributed by atoms with van der Waals surface area (Å²) in [5.41, 5.74) is 19.2. The Morgan fingerprint density at radius 2 is 0.971 bits per heavy atom. The van der Waals surface area contributed by atoms with Gasteiger partial charge in [0.1, 0.15) is 17.2 Å². The van der Waals surface area contributed by atoms with Crippen molar-refractivity contribution in [3.8, 4) is 34.0 Å². The highest BCUT2D eigenvalue weighted by Gasteiger charge is 2.32. The third-order valence-electron chi connectivity index (χ3n) is 9.73. The molecule has 6 aromatic rings. The van der Waals surface area contributed by atoms with E-state index in [0.717, 1.165) is 34.0 Å². The van der Waals surface area contributed by atoms with Gasteiger partial charge in [0.15, 0.2) is 53.8 Å². The molecule has 0 aliphatic carbocycles. The van der Waals surface area contributed by atoms with Gasteiger partial charge in [0.2, 0.25) is 0 Å². The molecule has 0 bridgehead atoms. The van der Waals surface area contributed by atoms with E-state index in [2.05, 4.69) is 29.0 Å². The number of nitrogens with two attached hydrogens (primary N) is 3. The second kappa shape index (κ2) is 23.1. The van der Waals surface area contributed by atoms with E-state index >= 15 is 0 Å². The summed E-state index contributed by atoms with van der Waals surface area (Å²) in [5.74, 6) is -1.63. The summed E-state index contributed by atoms with van der Waals surface area (Å²) in [5, 5.41) is 28.5. The average molecular weight is 1030 g/mol. The van der Waals surface area contributed by atoms with Gasteiger partial charge < -0.3 is 50.6 Å². The minimum Gasteiger partial charge on any atom is -0.508 e. The number of sulfone groups is 2. The van der Waals surface area contributed by atoms with E-state index in [9.17, 15) is 45.8 Å². The van der Waals surface area contributed by atoms with Crippen molar-refractivity contribution in [2.24, 2.45) is 0 Å². The number of carbonyl (C=O) groups is 2. The van der Waals surface area contributed by atoms with Crippen LogP contribution in [0.5, 0.6) is 11.5 Å². The number of aromatic nitrogens is 4. The van der Waals surface area contributed by atoms with Gasteiger partial charge in [0, 0.05) is 51.7 Å². The molecule has 368 valence electrons. The summed E-state index contributed by atoms with van der Waals surface area (Å²) in [6.45, 7) is 3.52. The third kappa shape index (κ3) is 14.7. The zero-order valence-corrected chi connectivity index (χ0v) is 41.3. The quantitative estimate of drug-likeness (QED) is 0.0351. The van der Waals surface area contributed by atoms with E-state index in [1.54, 1.807) is 38.1 Å². The molecule has 4 aromatic carbocycles. The number of phenols is 2. The number of ketones is 1. The number of hydrogen-bond acceptors (Lipinski definition) is 21. The molecule has 0 saturated carbocycles. The minimum atomic E-state index is -3.95. The van der Waals surface area contributed by atoms with Crippen molar-refractivity contribution >= 4 is 63.9 Å².